The third kappa shape index (κ3) is 6.67. The van der Waals surface area contributed by atoms with Crippen LogP contribution < -0.4 is 15.2 Å². The van der Waals surface area contributed by atoms with Crippen molar-refractivity contribution < 1.29 is 27.9 Å². The summed E-state index contributed by atoms with van der Waals surface area (Å²) in [5.41, 5.74) is 6.56. The number of carboxylic acid groups (broad SMARTS) is 1. The van der Waals surface area contributed by atoms with Crippen LogP contribution in [0.5, 0.6) is 5.75 Å². The first kappa shape index (κ1) is 21.4. The zero-order valence-electron chi connectivity index (χ0n) is 15.1. The van der Waals surface area contributed by atoms with Crippen molar-refractivity contribution in [1.82, 2.24) is 4.72 Å². The van der Waals surface area contributed by atoms with Crippen LogP contribution in [0.1, 0.15) is 17.5 Å². The normalized spacial score (nSPS) is 11.1. The fourth-order valence-corrected chi connectivity index (χ4v) is 3.62. The lowest BCUT2D eigenvalue weighted by Gasteiger charge is -2.13. The molecule has 0 heterocycles. The number of primary amides is 1. The van der Waals surface area contributed by atoms with Gasteiger partial charge in [-0.3, -0.25) is 9.59 Å². The lowest BCUT2D eigenvalue weighted by Crippen LogP contribution is -2.26. The molecule has 9 heteroatoms. The standard InChI is InChI=1S/C19H22N2O6S/c20-18(22)13-27-16-8-6-14(15(12-16)7-9-19(23)24)10-11-21-28(25,26)17-4-2-1-3-5-17/h1-6,8,12,21H,7,9-11,13H2,(H2,20,22)(H,23,24). The lowest BCUT2D eigenvalue weighted by molar-refractivity contribution is -0.137. The Morgan fingerprint density at radius 1 is 1.04 bits per heavy atom. The first-order chi connectivity index (χ1) is 13.3. The molecule has 0 aromatic heterocycles. The Morgan fingerprint density at radius 2 is 1.75 bits per heavy atom. The fraction of sp³-hybridized carbons (Fsp3) is 0.263. The molecular weight excluding hydrogens is 384 g/mol. The van der Waals surface area contributed by atoms with Gasteiger partial charge in [0, 0.05) is 13.0 Å². The molecule has 0 radical (unpaired) electrons. The number of benzene rings is 2. The largest absolute Gasteiger partial charge is 0.484 e. The minimum atomic E-state index is -3.62. The summed E-state index contributed by atoms with van der Waals surface area (Å²) in [6.07, 6.45) is 0.545. The Balaban J connectivity index is 2.08. The van der Waals surface area contributed by atoms with Crippen LogP contribution in [0.2, 0.25) is 0 Å². The van der Waals surface area contributed by atoms with Crippen molar-refractivity contribution in [2.24, 2.45) is 5.73 Å². The number of carboxylic acids is 1. The third-order valence-corrected chi connectivity index (χ3v) is 5.38. The predicted molar refractivity (Wildman–Crippen MR) is 102 cm³/mol. The maximum absolute atomic E-state index is 12.3. The van der Waals surface area contributed by atoms with Gasteiger partial charge in [-0.1, -0.05) is 24.3 Å². The van der Waals surface area contributed by atoms with E-state index < -0.39 is 21.9 Å². The van der Waals surface area contributed by atoms with Gasteiger partial charge in [0.15, 0.2) is 6.61 Å². The second-order valence-corrected chi connectivity index (χ2v) is 7.81. The van der Waals surface area contributed by atoms with E-state index in [0.29, 0.717) is 17.7 Å². The van der Waals surface area contributed by atoms with Crippen LogP contribution in [0, 0.1) is 0 Å². The summed E-state index contributed by atoms with van der Waals surface area (Å²) in [5, 5.41) is 8.94. The summed E-state index contributed by atoms with van der Waals surface area (Å²) in [6.45, 7) is -0.132. The summed E-state index contributed by atoms with van der Waals surface area (Å²) in [4.78, 5) is 21.9. The Bertz CT molecular complexity index is 929. The third-order valence-electron chi connectivity index (χ3n) is 3.91. The van der Waals surface area contributed by atoms with E-state index in [-0.39, 0.29) is 30.9 Å². The predicted octanol–water partition coefficient (Wildman–Crippen LogP) is 1.09. The van der Waals surface area contributed by atoms with Gasteiger partial charge in [-0.15, -0.1) is 0 Å². The molecule has 2 aromatic carbocycles. The number of carbonyl (C=O) groups is 2. The van der Waals surface area contributed by atoms with Crippen molar-refractivity contribution in [2.75, 3.05) is 13.2 Å². The molecule has 28 heavy (non-hydrogen) atoms. The lowest BCUT2D eigenvalue weighted by atomic mass is 10.00. The summed E-state index contributed by atoms with van der Waals surface area (Å²) in [5.74, 6) is -1.17. The van der Waals surface area contributed by atoms with E-state index in [9.17, 15) is 18.0 Å². The maximum Gasteiger partial charge on any atom is 0.303 e. The van der Waals surface area contributed by atoms with Crippen LogP contribution in [-0.4, -0.2) is 38.6 Å². The topological polar surface area (TPSA) is 136 Å². The average Bonchev–Trinajstić information content (AvgIpc) is 2.66. The van der Waals surface area contributed by atoms with E-state index >= 15 is 0 Å². The number of hydrogen-bond donors (Lipinski definition) is 3. The monoisotopic (exact) mass is 406 g/mol. The van der Waals surface area contributed by atoms with Gasteiger partial charge < -0.3 is 15.6 Å². The average molecular weight is 406 g/mol. The number of hydrogen-bond acceptors (Lipinski definition) is 5. The quantitative estimate of drug-likeness (QED) is 0.511. The van der Waals surface area contributed by atoms with Crippen LogP contribution in [0.4, 0.5) is 0 Å². The fourth-order valence-electron chi connectivity index (χ4n) is 2.57. The van der Waals surface area contributed by atoms with Crippen molar-refractivity contribution in [1.29, 1.82) is 0 Å². The molecule has 150 valence electrons. The Hall–Kier alpha value is -2.91. The van der Waals surface area contributed by atoms with Crippen LogP contribution in [0.3, 0.4) is 0 Å². The summed E-state index contributed by atoms with van der Waals surface area (Å²) in [6, 6.07) is 13.0. The number of aryl methyl sites for hydroxylation is 1. The van der Waals surface area contributed by atoms with Crippen LogP contribution >= 0.6 is 0 Å². The highest BCUT2D eigenvalue weighted by Crippen LogP contribution is 2.20. The van der Waals surface area contributed by atoms with Gasteiger partial charge in [0.05, 0.1) is 4.90 Å². The van der Waals surface area contributed by atoms with E-state index in [2.05, 4.69) is 4.72 Å². The van der Waals surface area contributed by atoms with Crippen molar-refractivity contribution >= 4 is 21.9 Å². The number of ether oxygens (including phenoxy) is 1. The zero-order valence-corrected chi connectivity index (χ0v) is 15.9. The number of carbonyl (C=O) groups excluding carboxylic acids is 1. The molecule has 2 rings (SSSR count). The van der Waals surface area contributed by atoms with E-state index in [1.54, 1.807) is 36.4 Å². The molecule has 0 saturated carbocycles. The molecule has 0 bridgehead atoms. The maximum atomic E-state index is 12.3. The van der Waals surface area contributed by atoms with Crippen LogP contribution in [0.25, 0.3) is 0 Å². The van der Waals surface area contributed by atoms with E-state index in [0.717, 1.165) is 5.56 Å². The Kier molecular flexibility index (Phi) is 7.53. The minimum absolute atomic E-state index is 0.0813. The van der Waals surface area contributed by atoms with E-state index in [1.165, 1.54) is 12.1 Å². The van der Waals surface area contributed by atoms with E-state index in [1.807, 2.05) is 0 Å². The number of aliphatic carboxylic acids is 1. The number of nitrogens with one attached hydrogen (secondary N) is 1. The van der Waals surface area contributed by atoms with E-state index in [4.69, 9.17) is 15.6 Å². The van der Waals surface area contributed by atoms with Crippen LogP contribution in [-0.2, 0) is 32.5 Å². The smallest absolute Gasteiger partial charge is 0.303 e. The molecule has 0 spiro atoms. The van der Waals surface area contributed by atoms with Gasteiger partial charge in [-0.25, -0.2) is 13.1 Å². The summed E-state index contributed by atoms with van der Waals surface area (Å²) < 4.78 is 32.3. The number of rotatable bonds is 11. The summed E-state index contributed by atoms with van der Waals surface area (Å²) >= 11 is 0. The molecule has 0 aliphatic rings. The highest BCUT2D eigenvalue weighted by atomic mass is 32.2. The molecule has 0 fully saturated rings. The number of nitrogens with two attached hydrogens (primary N) is 1. The molecule has 0 aliphatic carbocycles. The van der Waals surface area contributed by atoms with Gasteiger partial charge in [0.1, 0.15) is 5.75 Å². The zero-order chi connectivity index (χ0) is 20.6. The number of amides is 1. The molecular formula is C19H22N2O6S. The molecule has 4 N–H and O–H groups in total. The second-order valence-electron chi connectivity index (χ2n) is 6.04. The van der Waals surface area contributed by atoms with Gasteiger partial charge in [-0.2, -0.15) is 0 Å². The van der Waals surface area contributed by atoms with Crippen molar-refractivity contribution in [3.05, 3.63) is 59.7 Å². The molecule has 0 unspecified atom stereocenters. The van der Waals surface area contributed by atoms with Gasteiger partial charge >= 0.3 is 5.97 Å². The number of sulfonamides is 1. The molecule has 0 saturated heterocycles. The minimum Gasteiger partial charge on any atom is -0.484 e. The second kappa shape index (κ2) is 9.86. The van der Waals surface area contributed by atoms with Crippen molar-refractivity contribution in [3.8, 4) is 5.75 Å². The molecule has 2 aromatic rings. The Morgan fingerprint density at radius 3 is 2.39 bits per heavy atom. The first-order valence-corrected chi connectivity index (χ1v) is 10.1. The summed E-state index contributed by atoms with van der Waals surface area (Å²) in [7, 11) is -3.62. The highest BCUT2D eigenvalue weighted by molar-refractivity contribution is 7.89. The van der Waals surface area contributed by atoms with Crippen molar-refractivity contribution in [2.45, 2.75) is 24.2 Å². The van der Waals surface area contributed by atoms with Crippen molar-refractivity contribution in [3.63, 3.8) is 0 Å². The Labute approximate surface area is 163 Å². The highest BCUT2D eigenvalue weighted by Gasteiger charge is 2.14. The first-order valence-electron chi connectivity index (χ1n) is 8.57. The van der Waals surface area contributed by atoms with Gasteiger partial charge in [0.25, 0.3) is 5.91 Å². The van der Waals surface area contributed by atoms with Gasteiger partial charge in [0.2, 0.25) is 10.0 Å². The van der Waals surface area contributed by atoms with Crippen LogP contribution in [0.15, 0.2) is 53.4 Å². The molecule has 1 amide bonds. The molecule has 8 nitrogen and oxygen atoms in total. The molecule has 0 atom stereocenters. The van der Waals surface area contributed by atoms with Gasteiger partial charge in [-0.05, 0) is 48.2 Å². The molecule has 0 aliphatic heterocycles. The SMILES string of the molecule is NC(=O)COc1ccc(CCNS(=O)(=O)c2ccccc2)c(CCC(=O)O)c1.